The molecular weight excluding hydrogens is 224 g/mol. The number of hydrogen-bond donors (Lipinski definition) is 2. The summed E-state index contributed by atoms with van der Waals surface area (Å²) in [5.74, 6) is 1.46. The number of likely N-dealkylation sites (tertiary alicyclic amines) is 1. The van der Waals surface area contributed by atoms with Gasteiger partial charge in [0.05, 0.1) is 6.10 Å². The van der Waals surface area contributed by atoms with Gasteiger partial charge in [-0.1, -0.05) is 32.6 Å². The van der Waals surface area contributed by atoms with Crippen LogP contribution in [0.4, 0.5) is 0 Å². The SMILES string of the molecule is CC1CCCN(CC(O)CC2CCCC2)C1CN. The lowest BCUT2D eigenvalue weighted by atomic mass is 9.90. The number of nitrogens with zero attached hydrogens (tertiary/aromatic N) is 1. The van der Waals surface area contributed by atoms with E-state index in [2.05, 4.69) is 11.8 Å². The first-order chi connectivity index (χ1) is 8.70. The smallest absolute Gasteiger partial charge is 0.0669 e. The minimum atomic E-state index is -0.146. The van der Waals surface area contributed by atoms with E-state index >= 15 is 0 Å². The maximum absolute atomic E-state index is 10.3. The lowest BCUT2D eigenvalue weighted by Crippen LogP contribution is -2.51. The molecule has 3 nitrogen and oxygen atoms in total. The van der Waals surface area contributed by atoms with Crippen molar-refractivity contribution in [1.29, 1.82) is 0 Å². The van der Waals surface area contributed by atoms with E-state index in [1.54, 1.807) is 0 Å². The van der Waals surface area contributed by atoms with Gasteiger partial charge in [-0.05, 0) is 37.6 Å². The van der Waals surface area contributed by atoms with Crippen molar-refractivity contribution >= 4 is 0 Å². The van der Waals surface area contributed by atoms with Gasteiger partial charge in [0, 0.05) is 19.1 Å². The van der Waals surface area contributed by atoms with E-state index in [4.69, 9.17) is 5.73 Å². The molecular formula is C15H30N2O. The molecule has 0 amide bonds. The molecule has 3 atom stereocenters. The highest BCUT2D eigenvalue weighted by Crippen LogP contribution is 2.29. The topological polar surface area (TPSA) is 49.5 Å². The van der Waals surface area contributed by atoms with Crippen LogP contribution in [0.2, 0.25) is 0 Å². The molecule has 106 valence electrons. The lowest BCUT2D eigenvalue weighted by molar-refractivity contribution is 0.0376. The van der Waals surface area contributed by atoms with Crippen LogP contribution in [-0.4, -0.2) is 41.8 Å². The Labute approximate surface area is 112 Å². The molecule has 3 unspecified atom stereocenters. The van der Waals surface area contributed by atoms with Gasteiger partial charge in [-0.2, -0.15) is 0 Å². The number of aliphatic hydroxyl groups excluding tert-OH is 1. The predicted molar refractivity (Wildman–Crippen MR) is 75.4 cm³/mol. The van der Waals surface area contributed by atoms with Gasteiger partial charge >= 0.3 is 0 Å². The normalized spacial score (nSPS) is 32.8. The molecule has 2 fully saturated rings. The average molecular weight is 254 g/mol. The van der Waals surface area contributed by atoms with Crippen LogP contribution < -0.4 is 5.73 Å². The van der Waals surface area contributed by atoms with Gasteiger partial charge in [-0.25, -0.2) is 0 Å². The first-order valence-electron chi connectivity index (χ1n) is 7.83. The fraction of sp³-hybridized carbons (Fsp3) is 1.00. The third-order valence-corrected chi connectivity index (χ3v) is 5.00. The number of piperidine rings is 1. The molecule has 0 spiro atoms. The zero-order valence-corrected chi connectivity index (χ0v) is 11.9. The molecule has 0 aromatic carbocycles. The standard InChI is InChI=1S/C15H30N2O/c1-12-5-4-8-17(15(12)10-16)11-14(18)9-13-6-2-3-7-13/h12-15,18H,2-11,16H2,1H3. The fourth-order valence-electron chi connectivity index (χ4n) is 3.92. The van der Waals surface area contributed by atoms with E-state index in [1.165, 1.54) is 38.5 Å². The second kappa shape index (κ2) is 6.88. The molecule has 3 N–H and O–H groups in total. The second-order valence-electron chi connectivity index (χ2n) is 6.46. The van der Waals surface area contributed by atoms with Gasteiger partial charge < -0.3 is 10.8 Å². The third kappa shape index (κ3) is 3.69. The Morgan fingerprint density at radius 3 is 2.61 bits per heavy atom. The molecule has 3 heteroatoms. The van der Waals surface area contributed by atoms with E-state index in [-0.39, 0.29) is 6.10 Å². The predicted octanol–water partition coefficient (Wildman–Crippen LogP) is 1.99. The van der Waals surface area contributed by atoms with E-state index in [0.29, 0.717) is 12.0 Å². The first kappa shape index (κ1) is 14.3. The Kier molecular flexibility index (Phi) is 5.46. The summed E-state index contributed by atoms with van der Waals surface area (Å²) < 4.78 is 0. The molecule has 1 aliphatic carbocycles. The molecule has 18 heavy (non-hydrogen) atoms. The summed E-state index contributed by atoms with van der Waals surface area (Å²) in [6.45, 7) is 4.99. The summed E-state index contributed by atoms with van der Waals surface area (Å²) in [4.78, 5) is 2.44. The Morgan fingerprint density at radius 1 is 1.22 bits per heavy atom. The highest BCUT2D eigenvalue weighted by atomic mass is 16.3. The second-order valence-corrected chi connectivity index (χ2v) is 6.46. The lowest BCUT2D eigenvalue weighted by Gasteiger charge is -2.40. The first-order valence-corrected chi connectivity index (χ1v) is 7.83. The van der Waals surface area contributed by atoms with Crippen LogP contribution in [0.3, 0.4) is 0 Å². The van der Waals surface area contributed by atoms with E-state index in [1.807, 2.05) is 0 Å². The van der Waals surface area contributed by atoms with Crippen LogP contribution in [0, 0.1) is 11.8 Å². The van der Waals surface area contributed by atoms with Gasteiger partial charge in [-0.3, -0.25) is 4.90 Å². The molecule has 1 saturated carbocycles. The van der Waals surface area contributed by atoms with E-state index in [0.717, 1.165) is 32.0 Å². The highest BCUT2D eigenvalue weighted by molar-refractivity contribution is 4.84. The summed E-state index contributed by atoms with van der Waals surface area (Å²) in [5, 5.41) is 10.3. The summed E-state index contributed by atoms with van der Waals surface area (Å²) in [7, 11) is 0. The van der Waals surface area contributed by atoms with Gasteiger partial charge in [0.1, 0.15) is 0 Å². The summed E-state index contributed by atoms with van der Waals surface area (Å²) in [6, 6.07) is 0.483. The Morgan fingerprint density at radius 2 is 1.94 bits per heavy atom. The number of β-amino-alcohol motifs (C(OH)–C–C–N with tert-alkyl or cyclic N) is 1. The van der Waals surface area contributed by atoms with Gasteiger partial charge in [0.15, 0.2) is 0 Å². The summed E-state index contributed by atoms with van der Waals surface area (Å²) >= 11 is 0. The highest BCUT2D eigenvalue weighted by Gasteiger charge is 2.29. The maximum atomic E-state index is 10.3. The number of aliphatic hydroxyl groups is 1. The van der Waals surface area contributed by atoms with Gasteiger partial charge in [0.2, 0.25) is 0 Å². The fourth-order valence-corrected chi connectivity index (χ4v) is 3.92. The van der Waals surface area contributed by atoms with E-state index < -0.39 is 0 Å². The number of rotatable bonds is 5. The molecule has 1 saturated heterocycles. The molecule has 0 bridgehead atoms. The number of nitrogens with two attached hydrogens (primary N) is 1. The molecule has 0 radical (unpaired) electrons. The molecule has 1 heterocycles. The maximum Gasteiger partial charge on any atom is 0.0669 e. The van der Waals surface area contributed by atoms with Crippen molar-refractivity contribution in [3.05, 3.63) is 0 Å². The van der Waals surface area contributed by atoms with Crippen molar-refractivity contribution in [2.24, 2.45) is 17.6 Å². The van der Waals surface area contributed by atoms with Crippen LogP contribution in [-0.2, 0) is 0 Å². The van der Waals surface area contributed by atoms with Crippen LogP contribution in [0.25, 0.3) is 0 Å². The van der Waals surface area contributed by atoms with Crippen LogP contribution in [0.15, 0.2) is 0 Å². The van der Waals surface area contributed by atoms with Crippen LogP contribution in [0.5, 0.6) is 0 Å². The summed E-state index contributed by atoms with van der Waals surface area (Å²) in [5.41, 5.74) is 5.90. The molecule has 0 aromatic rings. The molecule has 2 aliphatic rings. The minimum absolute atomic E-state index is 0.146. The Bertz CT molecular complexity index is 241. The van der Waals surface area contributed by atoms with Crippen molar-refractivity contribution in [3.8, 4) is 0 Å². The third-order valence-electron chi connectivity index (χ3n) is 5.00. The van der Waals surface area contributed by atoms with Crippen molar-refractivity contribution in [1.82, 2.24) is 4.90 Å². The van der Waals surface area contributed by atoms with Crippen molar-refractivity contribution < 1.29 is 5.11 Å². The zero-order valence-electron chi connectivity index (χ0n) is 11.9. The van der Waals surface area contributed by atoms with Crippen LogP contribution in [0.1, 0.15) is 51.9 Å². The van der Waals surface area contributed by atoms with Crippen molar-refractivity contribution in [2.75, 3.05) is 19.6 Å². The minimum Gasteiger partial charge on any atom is -0.392 e. The Balaban J connectivity index is 1.79. The van der Waals surface area contributed by atoms with Gasteiger partial charge in [0.25, 0.3) is 0 Å². The Hall–Kier alpha value is -0.120. The van der Waals surface area contributed by atoms with Crippen molar-refractivity contribution in [2.45, 2.75) is 64.0 Å². The van der Waals surface area contributed by atoms with Crippen molar-refractivity contribution in [3.63, 3.8) is 0 Å². The number of hydrogen-bond acceptors (Lipinski definition) is 3. The van der Waals surface area contributed by atoms with E-state index in [9.17, 15) is 5.11 Å². The zero-order chi connectivity index (χ0) is 13.0. The quantitative estimate of drug-likeness (QED) is 0.789. The largest absolute Gasteiger partial charge is 0.392 e. The molecule has 2 rings (SSSR count). The average Bonchev–Trinajstić information content (AvgIpc) is 2.82. The monoisotopic (exact) mass is 254 g/mol. The molecule has 1 aliphatic heterocycles. The summed E-state index contributed by atoms with van der Waals surface area (Å²) in [6.07, 6.45) is 8.79. The molecule has 0 aromatic heterocycles. The van der Waals surface area contributed by atoms with Crippen LogP contribution >= 0.6 is 0 Å². The van der Waals surface area contributed by atoms with Gasteiger partial charge in [-0.15, -0.1) is 0 Å².